The number of alkyl halides is 3. The molecule has 2 heterocycles. The monoisotopic (exact) mass is 379 g/mol. The first-order valence-electron chi connectivity index (χ1n) is 9.15. The Morgan fingerprint density at radius 3 is 2.37 bits per heavy atom. The minimum Gasteiger partial charge on any atom is -0.383 e. The molecule has 2 N–H and O–H groups in total. The van der Waals surface area contributed by atoms with Crippen LogP contribution in [0.1, 0.15) is 54.6 Å². The number of rotatable bonds is 4. The van der Waals surface area contributed by atoms with E-state index >= 15 is 0 Å². The summed E-state index contributed by atoms with van der Waals surface area (Å²) in [6, 6.07) is 2.71. The number of aryl methyl sites for hydroxylation is 1. The van der Waals surface area contributed by atoms with Crippen molar-refractivity contribution in [2.24, 2.45) is 0 Å². The number of anilines is 2. The van der Waals surface area contributed by atoms with Crippen LogP contribution in [0.3, 0.4) is 0 Å². The first-order valence-corrected chi connectivity index (χ1v) is 9.15. The van der Waals surface area contributed by atoms with Gasteiger partial charge in [0.25, 0.3) is 0 Å². The number of nitrogens with two attached hydrogens (primary N) is 1. The molecule has 27 heavy (non-hydrogen) atoms. The number of pyridine rings is 1. The first-order chi connectivity index (χ1) is 12.8. The lowest BCUT2D eigenvalue weighted by molar-refractivity contribution is -0.137. The molecule has 2 aromatic heterocycles. The Kier molecular flexibility index (Phi) is 5.53. The van der Waals surface area contributed by atoms with E-state index in [1.54, 1.807) is 0 Å². The van der Waals surface area contributed by atoms with Gasteiger partial charge in [-0.05, 0) is 38.8 Å². The average molecular weight is 379 g/mol. The van der Waals surface area contributed by atoms with Gasteiger partial charge in [-0.3, -0.25) is 4.98 Å². The second kappa shape index (κ2) is 7.70. The molecule has 1 saturated carbocycles. The van der Waals surface area contributed by atoms with E-state index in [2.05, 4.69) is 15.0 Å². The van der Waals surface area contributed by atoms with Gasteiger partial charge in [-0.2, -0.15) is 18.2 Å². The van der Waals surface area contributed by atoms with Crippen LogP contribution >= 0.6 is 0 Å². The number of nitrogen functional groups attached to an aromatic ring is 1. The van der Waals surface area contributed by atoms with Crippen LogP contribution in [0.25, 0.3) is 0 Å². The molecule has 8 heteroatoms. The van der Waals surface area contributed by atoms with E-state index in [1.807, 2.05) is 18.7 Å². The third kappa shape index (κ3) is 4.48. The summed E-state index contributed by atoms with van der Waals surface area (Å²) in [6.45, 7) is 4.11. The summed E-state index contributed by atoms with van der Waals surface area (Å²) in [5, 5.41) is 0. The second-order valence-corrected chi connectivity index (χ2v) is 7.07. The quantitative estimate of drug-likeness (QED) is 0.851. The van der Waals surface area contributed by atoms with E-state index in [1.165, 1.54) is 12.5 Å². The Hall–Kier alpha value is -2.38. The highest BCUT2D eigenvalue weighted by Crippen LogP contribution is 2.30. The molecule has 0 radical (unpaired) electrons. The van der Waals surface area contributed by atoms with Crippen LogP contribution in [0.5, 0.6) is 0 Å². The minimum atomic E-state index is -4.39. The van der Waals surface area contributed by atoms with Crippen molar-refractivity contribution in [2.75, 3.05) is 10.6 Å². The summed E-state index contributed by atoms with van der Waals surface area (Å²) in [6.07, 6.45) is 1.90. The summed E-state index contributed by atoms with van der Waals surface area (Å²) < 4.78 is 38.3. The van der Waals surface area contributed by atoms with Crippen LogP contribution in [0.4, 0.5) is 24.9 Å². The summed E-state index contributed by atoms with van der Waals surface area (Å²) in [4.78, 5) is 15.1. The third-order valence-electron chi connectivity index (χ3n) is 5.17. The molecule has 0 unspecified atom stereocenters. The summed E-state index contributed by atoms with van der Waals surface area (Å²) in [5.74, 6) is 0.947. The molecule has 3 rings (SSSR count). The van der Waals surface area contributed by atoms with Crippen molar-refractivity contribution in [2.45, 2.75) is 64.7 Å². The second-order valence-electron chi connectivity index (χ2n) is 7.07. The maximum atomic E-state index is 12.8. The Morgan fingerprint density at radius 1 is 1.11 bits per heavy atom. The zero-order chi connectivity index (χ0) is 19.6. The molecule has 0 amide bonds. The molecule has 146 valence electrons. The van der Waals surface area contributed by atoms with Crippen molar-refractivity contribution in [1.29, 1.82) is 0 Å². The van der Waals surface area contributed by atoms with Crippen molar-refractivity contribution in [1.82, 2.24) is 15.0 Å². The fourth-order valence-corrected chi connectivity index (χ4v) is 3.38. The molecule has 0 aliphatic heterocycles. The van der Waals surface area contributed by atoms with Crippen LogP contribution in [-0.2, 0) is 12.7 Å². The number of hydrogen-bond donors (Lipinski definition) is 1. The highest BCUT2D eigenvalue weighted by Gasteiger charge is 2.31. The van der Waals surface area contributed by atoms with Gasteiger partial charge in [0.05, 0.1) is 17.8 Å². The maximum Gasteiger partial charge on any atom is 0.417 e. The van der Waals surface area contributed by atoms with Gasteiger partial charge >= 0.3 is 6.18 Å². The first kappa shape index (κ1) is 19.4. The molecule has 0 bridgehead atoms. The van der Waals surface area contributed by atoms with Gasteiger partial charge < -0.3 is 10.6 Å². The van der Waals surface area contributed by atoms with Crippen molar-refractivity contribution in [3.8, 4) is 0 Å². The van der Waals surface area contributed by atoms with Gasteiger partial charge in [0, 0.05) is 23.5 Å². The lowest BCUT2D eigenvalue weighted by Gasteiger charge is -2.34. The van der Waals surface area contributed by atoms with Crippen LogP contribution in [0.2, 0.25) is 0 Å². The lowest BCUT2D eigenvalue weighted by atomic mass is 9.94. The van der Waals surface area contributed by atoms with E-state index in [-0.39, 0.29) is 6.04 Å². The number of halogens is 3. The van der Waals surface area contributed by atoms with Gasteiger partial charge in [0.1, 0.15) is 5.82 Å². The van der Waals surface area contributed by atoms with Gasteiger partial charge in [0.15, 0.2) is 0 Å². The van der Waals surface area contributed by atoms with Crippen LogP contribution < -0.4 is 10.6 Å². The molecule has 0 saturated heterocycles. The Labute approximate surface area is 156 Å². The predicted octanol–water partition coefficient (Wildman–Crippen LogP) is 4.43. The maximum absolute atomic E-state index is 12.8. The molecule has 5 nitrogen and oxygen atoms in total. The fourth-order valence-electron chi connectivity index (χ4n) is 3.38. The molecule has 0 aromatic carbocycles. The topological polar surface area (TPSA) is 67.9 Å². The largest absolute Gasteiger partial charge is 0.417 e. The smallest absolute Gasteiger partial charge is 0.383 e. The number of aromatic nitrogens is 3. The molecular weight excluding hydrogens is 355 g/mol. The molecule has 2 aromatic rings. The Morgan fingerprint density at radius 2 is 1.81 bits per heavy atom. The van der Waals surface area contributed by atoms with Crippen molar-refractivity contribution in [3.63, 3.8) is 0 Å². The third-order valence-corrected chi connectivity index (χ3v) is 5.17. The van der Waals surface area contributed by atoms with E-state index in [0.29, 0.717) is 24.0 Å². The normalized spacial score (nSPS) is 15.7. The molecule has 0 atom stereocenters. The minimum absolute atomic E-state index is 0.226. The van der Waals surface area contributed by atoms with Gasteiger partial charge in [0.2, 0.25) is 5.95 Å². The van der Waals surface area contributed by atoms with Crippen molar-refractivity contribution in [3.05, 3.63) is 40.8 Å². The zero-order valence-corrected chi connectivity index (χ0v) is 15.6. The van der Waals surface area contributed by atoms with E-state index in [4.69, 9.17) is 5.73 Å². The van der Waals surface area contributed by atoms with E-state index in [0.717, 1.165) is 49.2 Å². The molecule has 0 spiro atoms. The van der Waals surface area contributed by atoms with Crippen molar-refractivity contribution >= 4 is 11.8 Å². The number of nitrogens with zero attached hydrogens (tertiary/aromatic N) is 4. The Balaban J connectivity index is 1.91. The van der Waals surface area contributed by atoms with Gasteiger partial charge in [-0.25, -0.2) is 4.98 Å². The van der Waals surface area contributed by atoms with Crippen LogP contribution in [0.15, 0.2) is 18.3 Å². The Bertz CT molecular complexity index is 760. The highest BCUT2D eigenvalue weighted by atomic mass is 19.4. The average Bonchev–Trinajstić information content (AvgIpc) is 2.64. The summed E-state index contributed by atoms with van der Waals surface area (Å²) >= 11 is 0. The standard InChI is InChI=1S/C19H24F3N5/c1-12-13(2)25-18(26-17(12)23)27(16-6-4-3-5-7-16)11-15-9-8-14(10-24-15)19(20,21)22/h8-10,16H,3-7,11H2,1-2H3,(H2,23,25,26). The molecule has 1 aliphatic carbocycles. The van der Waals surface area contributed by atoms with E-state index in [9.17, 15) is 13.2 Å². The summed E-state index contributed by atoms with van der Waals surface area (Å²) in [7, 11) is 0. The zero-order valence-electron chi connectivity index (χ0n) is 15.6. The number of hydrogen-bond acceptors (Lipinski definition) is 5. The predicted molar refractivity (Wildman–Crippen MR) is 98.2 cm³/mol. The van der Waals surface area contributed by atoms with Gasteiger partial charge in [-0.1, -0.05) is 19.3 Å². The molecule has 1 aliphatic rings. The molecular formula is C19H24F3N5. The van der Waals surface area contributed by atoms with Crippen LogP contribution in [0, 0.1) is 13.8 Å². The fraction of sp³-hybridized carbons (Fsp3) is 0.526. The van der Waals surface area contributed by atoms with Crippen LogP contribution in [-0.4, -0.2) is 21.0 Å². The van der Waals surface area contributed by atoms with E-state index < -0.39 is 11.7 Å². The SMILES string of the molecule is Cc1nc(N(Cc2ccc(C(F)(F)F)cn2)C2CCCCC2)nc(N)c1C. The van der Waals surface area contributed by atoms with Gasteiger partial charge in [-0.15, -0.1) is 0 Å². The molecule has 1 fully saturated rings. The van der Waals surface area contributed by atoms with Crippen molar-refractivity contribution < 1.29 is 13.2 Å². The highest BCUT2D eigenvalue weighted by molar-refractivity contribution is 5.47. The lowest BCUT2D eigenvalue weighted by Crippen LogP contribution is -2.38. The summed E-state index contributed by atoms with van der Waals surface area (Å²) in [5.41, 5.74) is 7.48.